The molecule has 0 aliphatic heterocycles. The average Bonchev–Trinajstić information content (AvgIpc) is 3.38. The van der Waals surface area contributed by atoms with Gasteiger partial charge in [-0.15, -0.1) is 0 Å². The fraction of sp³-hybridized carbons (Fsp3) is 0.250. The third-order valence-electron chi connectivity index (χ3n) is 11.3. The highest BCUT2D eigenvalue weighted by Crippen LogP contribution is 2.70. The number of nitrogens with zero attached hydrogens (tertiary/aromatic N) is 4. The summed E-state index contributed by atoms with van der Waals surface area (Å²) in [5.41, 5.74) is 8.78. The van der Waals surface area contributed by atoms with Crippen molar-refractivity contribution < 1.29 is 0 Å². The molecule has 4 fully saturated rings. The first-order valence-corrected chi connectivity index (χ1v) is 16.2. The molecule has 1 spiro atoms. The van der Waals surface area contributed by atoms with Crippen LogP contribution >= 0.6 is 0 Å². The monoisotopic (exact) mass is 568 g/mol. The van der Waals surface area contributed by atoms with Gasteiger partial charge in [0.05, 0.1) is 0 Å². The molecule has 4 bridgehead atoms. The maximum Gasteiger partial charge on any atom is 0.182 e. The molecule has 2 aromatic heterocycles. The van der Waals surface area contributed by atoms with Gasteiger partial charge in [-0.1, -0.05) is 84.9 Å². The van der Waals surface area contributed by atoms with Crippen molar-refractivity contribution in [2.75, 3.05) is 0 Å². The van der Waals surface area contributed by atoms with Crippen LogP contribution in [0.1, 0.15) is 43.2 Å². The Morgan fingerprint density at radius 1 is 0.545 bits per heavy atom. The molecule has 4 heteroatoms. The summed E-state index contributed by atoms with van der Waals surface area (Å²) >= 11 is 0. The predicted octanol–water partition coefficient (Wildman–Crippen LogP) is 9.14. The van der Waals surface area contributed by atoms with Crippen molar-refractivity contribution in [1.82, 2.24) is 19.9 Å². The zero-order chi connectivity index (χ0) is 28.8. The Hall–Kier alpha value is -4.70. The Balaban J connectivity index is 1.21. The van der Waals surface area contributed by atoms with Crippen LogP contribution in [0.5, 0.6) is 0 Å². The number of aromatic nitrogens is 4. The van der Waals surface area contributed by atoms with Crippen molar-refractivity contribution in [1.29, 1.82) is 0 Å². The van der Waals surface area contributed by atoms with Gasteiger partial charge >= 0.3 is 0 Å². The number of pyridine rings is 1. The van der Waals surface area contributed by atoms with Crippen LogP contribution in [-0.2, 0) is 5.41 Å². The fourth-order valence-corrected chi connectivity index (χ4v) is 9.95. The SMILES string of the molecule is c1ccc(-c2nc(-c3ccc4c(c3)-c3ccc5ccccc5c3C43C4CC5CC(C4)CC3C5)nc(-c3ccccn3)n2)cc1. The summed E-state index contributed by atoms with van der Waals surface area (Å²) in [5, 5.41) is 2.80. The molecule has 0 atom stereocenters. The highest BCUT2D eigenvalue weighted by molar-refractivity contribution is 5.98. The molecule has 44 heavy (non-hydrogen) atoms. The molecule has 4 saturated carbocycles. The minimum Gasteiger partial charge on any atom is -0.253 e. The Morgan fingerprint density at radius 3 is 2.02 bits per heavy atom. The zero-order valence-electron chi connectivity index (χ0n) is 24.5. The smallest absolute Gasteiger partial charge is 0.182 e. The largest absolute Gasteiger partial charge is 0.253 e. The second kappa shape index (κ2) is 9.15. The average molecular weight is 569 g/mol. The normalized spacial score (nSPS) is 25.8. The summed E-state index contributed by atoms with van der Waals surface area (Å²) in [6, 6.07) is 37.0. The molecule has 0 N–H and O–H groups in total. The van der Waals surface area contributed by atoms with Crippen molar-refractivity contribution in [2.45, 2.75) is 37.5 Å². The van der Waals surface area contributed by atoms with Crippen molar-refractivity contribution in [3.8, 4) is 45.4 Å². The molecule has 5 aliphatic rings. The van der Waals surface area contributed by atoms with Crippen LogP contribution < -0.4 is 0 Å². The summed E-state index contributed by atoms with van der Waals surface area (Å²) in [7, 11) is 0. The molecule has 6 aromatic rings. The number of benzene rings is 4. The Kier molecular flexibility index (Phi) is 5.14. The molecule has 212 valence electrons. The topological polar surface area (TPSA) is 51.6 Å². The van der Waals surface area contributed by atoms with E-state index < -0.39 is 0 Å². The van der Waals surface area contributed by atoms with Gasteiger partial charge in [0.25, 0.3) is 0 Å². The fourth-order valence-electron chi connectivity index (χ4n) is 9.95. The van der Waals surface area contributed by atoms with Gasteiger partial charge in [-0.3, -0.25) is 4.98 Å². The highest BCUT2D eigenvalue weighted by atomic mass is 15.0. The lowest BCUT2D eigenvalue weighted by Crippen LogP contribution is -2.55. The molecule has 4 nitrogen and oxygen atoms in total. The first-order valence-electron chi connectivity index (χ1n) is 16.2. The minimum absolute atomic E-state index is 0.102. The maximum atomic E-state index is 5.06. The summed E-state index contributed by atoms with van der Waals surface area (Å²) in [5.74, 6) is 5.21. The molecule has 0 saturated heterocycles. The van der Waals surface area contributed by atoms with E-state index in [0.717, 1.165) is 28.7 Å². The minimum atomic E-state index is 0.102. The first kappa shape index (κ1) is 24.7. The standard InChI is InChI=1S/C40H32N4/c1-2-9-27(10-3-1)37-42-38(44-39(43-37)35-12-6-7-17-41-35)28-14-16-34-33(23-28)32-15-13-26-8-4-5-11-31(26)36(32)40(34)29-19-24-18-25(21-29)22-30(40)20-24/h1-17,23-25,29-30H,18-22H2. The molecular formula is C40H32N4. The van der Waals surface area contributed by atoms with Crippen LogP contribution in [0.25, 0.3) is 56.2 Å². The third kappa shape index (κ3) is 3.40. The van der Waals surface area contributed by atoms with Crippen molar-refractivity contribution >= 4 is 10.8 Å². The van der Waals surface area contributed by atoms with Crippen LogP contribution in [0.3, 0.4) is 0 Å². The molecular weight excluding hydrogens is 536 g/mol. The number of rotatable bonds is 3. The van der Waals surface area contributed by atoms with Crippen molar-refractivity contribution in [2.24, 2.45) is 23.7 Å². The Morgan fingerprint density at radius 2 is 1.25 bits per heavy atom. The van der Waals surface area contributed by atoms with E-state index in [4.69, 9.17) is 15.0 Å². The van der Waals surface area contributed by atoms with Gasteiger partial charge in [0, 0.05) is 22.7 Å². The quantitative estimate of drug-likeness (QED) is 0.214. The van der Waals surface area contributed by atoms with Gasteiger partial charge in [-0.2, -0.15) is 0 Å². The van der Waals surface area contributed by atoms with Gasteiger partial charge in [0.2, 0.25) is 0 Å². The van der Waals surface area contributed by atoms with E-state index in [0.29, 0.717) is 29.3 Å². The lowest BCUT2D eigenvalue weighted by atomic mass is 9.43. The van der Waals surface area contributed by atoms with E-state index in [2.05, 4.69) is 71.7 Å². The number of fused-ring (bicyclic) bond motifs is 5. The molecule has 4 aromatic carbocycles. The van der Waals surface area contributed by atoms with E-state index >= 15 is 0 Å². The van der Waals surface area contributed by atoms with E-state index in [-0.39, 0.29) is 5.41 Å². The summed E-state index contributed by atoms with van der Waals surface area (Å²) < 4.78 is 0. The Bertz CT molecular complexity index is 2000. The second-order valence-corrected chi connectivity index (χ2v) is 13.5. The Labute approximate surface area is 257 Å². The lowest BCUT2D eigenvalue weighted by Gasteiger charge is -2.61. The maximum absolute atomic E-state index is 5.06. The lowest BCUT2D eigenvalue weighted by molar-refractivity contribution is -0.0393. The van der Waals surface area contributed by atoms with Crippen LogP contribution in [-0.4, -0.2) is 19.9 Å². The van der Waals surface area contributed by atoms with Gasteiger partial charge < -0.3 is 0 Å². The van der Waals surface area contributed by atoms with Gasteiger partial charge in [-0.05, 0) is 107 Å². The van der Waals surface area contributed by atoms with Crippen LogP contribution in [0.4, 0.5) is 0 Å². The summed E-state index contributed by atoms with van der Waals surface area (Å²) in [6.45, 7) is 0. The molecule has 0 amide bonds. The van der Waals surface area contributed by atoms with Crippen LogP contribution in [0.15, 0.2) is 109 Å². The molecule has 0 radical (unpaired) electrons. The van der Waals surface area contributed by atoms with E-state index in [1.54, 1.807) is 17.3 Å². The summed E-state index contributed by atoms with van der Waals surface area (Å²) in [6.07, 6.45) is 8.74. The molecule has 2 heterocycles. The number of hydrogen-bond donors (Lipinski definition) is 0. The zero-order valence-corrected chi connectivity index (χ0v) is 24.5. The second-order valence-electron chi connectivity index (χ2n) is 13.5. The van der Waals surface area contributed by atoms with E-state index in [1.807, 2.05) is 36.4 Å². The summed E-state index contributed by atoms with van der Waals surface area (Å²) in [4.78, 5) is 19.5. The van der Waals surface area contributed by atoms with Crippen LogP contribution in [0.2, 0.25) is 0 Å². The van der Waals surface area contributed by atoms with E-state index in [9.17, 15) is 0 Å². The van der Waals surface area contributed by atoms with Crippen LogP contribution in [0, 0.1) is 23.7 Å². The molecule has 0 unspecified atom stereocenters. The van der Waals surface area contributed by atoms with Gasteiger partial charge in [0.15, 0.2) is 17.5 Å². The number of hydrogen-bond acceptors (Lipinski definition) is 4. The highest BCUT2D eigenvalue weighted by Gasteiger charge is 2.62. The van der Waals surface area contributed by atoms with E-state index in [1.165, 1.54) is 54.0 Å². The molecule has 11 rings (SSSR count). The first-order chi connectivity index (χ1) is 21.8. The van der Waals surface area contributed by atoms with Gasteiger partial charge in [0.1, 0.15) is 5.69 Å². The van der Waals surface area contributed by atoms with Crippen molar-refractivity contribution in [3.63, 3.8) is 0 Å². The van der Waals surface area contributed by atoms with Gasteiger partial charge in [-0.25, -0.2) is 15.0 Å². The van der Waals surface area contributed by atoms with Crippen molar-refractivity contribution in [3.05, 3.63) is 120 Å². The predicted molar refractivity (Wildman–Crippen MR) is 175 cm³/mol. The third-order valence-corrected chi connectivity index (χ3v) is 11.3. The molecule has 5 aliphatic carbocycles.